The van der Waals surface area contributed by atoms with Gasteiger partial charge in [-0.3, -0.25) is 19.8 Å². The Labute approximate surface area is 163 Å². The van der Waals surface area contributed by atoms with Crippen molar-refractivity contribution in [3.63, 3.8) is 0 Å². The smallest absolute Gasteiger partial charge is 0.271 e. The van der Waals surface area contributed by atoms with Gasteiger partial charge in [0.2, 0.25) is 5.91 Å². The van der Waals surface area contributed by atoms with E-state index in [1.165, 1.54) is 17.7 Å². The zero-order valence-electron chi connectivity index (χ0n) is 15.7. The van der Waals surface area contributed by atoms with E-state index < -0.39 is 4.92 Å². The number of hydrogen-bond donors (Lipinski definition) is 1. The summed E-state index contributed by atoms with van der Waals surface area (Å²) in [5.74, 6) is 0.636. The van der Waals surface area contributed by atoms with Gasteiger partial charge in [0.15, 0.2) is 0 Å². The van der Waals surface area contributed by atoms with Gasteiger partial charge in [-0.2, -0.15) is 0 Å². The predicted molar refractivity (Wildman–Crippen MR) is 107 cm³/mol. The average Bonchev–Trinajstić information content (AvgIpc) is 3.31. The summed E-state index contributed by atoms with van der Waals surface area (Å²) in [5.41, 5.74) is 8.94. The largest absolute Gasteiger partial charge is 0.330 e. The van der Waals surface area contributed by atoms with Crippen molar-refractivity contribution in [1.29, 1.82) is 0 Å². The van der Waals surface area contributed by atoms with Gasteiger partial charge in [0.05, 0.1) is 17.2 Å². The van der Waals surface area contributed by atoms with E-state index in [4.69, 9.17) is 5.73 Å². The number of carbonyl (C=O) groups excluding carboxylic acids is 1. The fourth-order valence-electron chi connectivity index (χ4n) is 4.42. The fourth-order valence-corrected chi connectivity index (χ4v) is 4.42. The minimum absolute atomic E-state index is 0.0104. The highest BCUT2D eigenvalue weighted by atomic mass is 16.6. The molecule has 2 heterocycles. The maximum atomic E-state index is 13.0. The topological polar surface area (TPSA) is 92.7 Å². The number of nitrogens with two attached hydrogens (primary N) is 1. The van der Waals surface area contributed by atoms with Gasteiger partial charge in [-0.15, -0.1) is 0 Å². The second-order valence-corrected chi connectivity index (χ2v) is 7.57. The molecule has 2 aliphatic heterocycles. The van der Waals surface area contributed by atoms with Crippen LogP contribution in [-0.2, 0) is 11.2 Å². The third kappa shape index (κ3) is 3.50. The van der Waals surface area contributed by atoms with Crippen LogP contribution in [0.4, 0.5) is 11.4 Å². The molecule has 7 heteroatoms. The van der Waals surface area contributed by atoms with Gasteiger partial charge in [-0.25, -0.2) is 0 Å². The van der Waals surface area contributed by atoms with Gasteiger partial charge in [-0.05, 0) is 30.0 Å². The molecule has 2 N–H and O–H groups in total. The first-order valence-corrected chi connectivity index (χ1v) is 9.62. The molecule has 0 spiro atoms. The Bertz CT molecular complexity index is 886. The van der Waals surface area contributed by atoms with Crippen LogP contribution >= 0.6 is 0 Å². The van der Waals surface area contributed by atoms with Crippen molar-refractivity contribution >= 4 is 17.3 Å². The summed E-state index contributed by atoms with van der Waals surface area (Å²) in [6.45, 7) is 3.06. The summed E-state index contributed by atoms with van der Waals surface area (Å²) < 4.78 is 0. The number of nitrogens with zero attached hydrogens (tertiary/aromatic N) is 3. The van der Waals surface area contributed by atoms with Crippen LogP contribution in [0.1, 0.15) is 17.0 Å². The maximum Gasteiger partial charge on any atom is 0.271 e. The molecule has 1 saturated heterocycles. The third-order valence-electron chi connectivity index (χ3n) is 5.88. The van der Waals surface area contributed by atoms with E-state index in [0.717, 1.165) is 25.1 Å². The summed E-state index contributed by atoms with van der Waals surface area (Å²) in [6, 6.07) is 15.1. The Balaban J connectivity index is 1.47. The number of hydrogen-bond acceptors (Lipinski definition) is 5. The highest BCUT2D eigenvalue weighted by Gasteiger charge is 2.35. The molecule has 4 rings (SSSR count). The van der Waals surface area contributed by atoms with Crippen LogP contribution in [0.25, 0.3) is 0 Å². The van der Waals surface area contributed by atoms with Crippen molar-refractivity contribution in [2.45, 2.75) is 12.3 Å². The Hall–Kier alpha value is -2.77. The Morgan fingerprint density at radius 2 is 1.96 bits per heavy atom. The molecule has 146 valence electrons. The average molecular weight is 380 g/mol. The number of benzene rings is 2. The second-order valence-electron chi connectivity index (χ2n) is 7.57. The number of nitro benzene ring substituents is 1. The van der Waals surface area contributed by atoms with Crippen molar-refractivity contribution < 1.29 is 9.72 Å². The van der Waals surface area contributed by atoms with E-state index in [1.54, 1.807) is 11.0 Å². The second kappa shape index (κ2) is 7.69. The van der Waals surface area contributed by atoms with Crippen LogP contribution in [0.2, 0.25) is 0 Å². The molecule has 0 saturated carbocycles. The Morgan fingerprint density at radius 3 is 2.68 bits per heavy atom. The van der Waals surface area contributed by atoms with Crippen LogP contribution in [0, 0.1) is 16.0 Å². The van der Waals surface area contributed by atoms with E-state index in [1.807, 2.05) is 18.2 Å². The van der Waals surface area contributed by atoms with Crippen molar-refractivity contribution in [2.75, 3.05) is 37.6 Å². The Kier molecular flexibility index (Phi) is 5.11. The molecule has 0 radical (unpaired) electrons. The number of nitro groups is 1. The normalized spacial score (nSPS) is 21.7. The van der Waals surface area contributed by atoms with E-state index >= 15 is 0 Å². The molecule has 0 unspecified atom stereocenters. The summed E-state index contributed by atoms with van der Waals surface area (Å²) >= 11 is 0. The van der Waals surface area contributed by atoms with Gasteiger partial charge >= 0.3 is 0 Å². The summed E-state index contributed by atoms with van der Waals surface area (Å²) in [5, 5.41) is 11.1. The van der Waals surface area contributed by atoms with E-state index in [-0.39, 0.29) is 11.6 Å². The van der Waals surface area contributed by atoms with Crippen molar-refractivity contribution in [2.24, 2.45) is 11.7 Å². The van der Waals surface area contributed by atoms with Crippen LogP contribution in [-0.4, -0.2) is 48.5 Å². The first kappa shape index (κ1) is 18.6. The van der Waals surface area contributed by atoms with E-state index in [9.17, 15) is 14.9 Å². The first-order valence-electron chi connectivity index (χ1n) is 9.62. The van der Waals surface area contributed by atoms with Crippen molar-refractivity contribution in [3.8, 4) is 0 Å². The number of non-ortho nitro benzene ring substituents is 1. The highest BCUT2D eigenvalue weighted by Crippen LogP contribution is 2.34. The molecule has 0 bridgehead atoms. The van der Waals surface area contributed by atoms with Gasteiger partial charge in [0.25, 0.3) is 5.69 Å². The lowest BCUT2D eigenvalue weighted by molar-refractivity contribution is -0.384. The minimum atomic E-state index is -0.419. The third-order valence-corrected chi connectivity index (χ3v) is 5.88. The molecular formula is C21H24N4O3. The van der Waals surface area contributed by atoms with Gasteiger partial charge < -0.3 is 10.6 Å². The fraction of sp³-hybridized carbons (Fsp3) is 0.381. The lowest BCUT2D eigenvalue weighted by Crippen LogP contribution is -2.39. The van der Waals surface area contributed by atoms with Gasteiger partial charge in [0, 0.05) is 37.7 Å². The standard InChI is InChI=1S/C21H24N4O3/c22-11-17-12-23(13-19(17)15-4-2-1-3-5-15)14-21(26)24-9-8-16-6-7-18(25(27)28)10-20(16)24/h1-7,10,17,19H,8-9,11-14,22H2/t17-,19+/m1/s1. The van der Waals surface area contributed by atoms with Gasteiger partial charge in [0.1, 0.15) is 0 Å². The number of fused-ring (bicyclic) bond motifs is 1. The summed E-state index contributed by atoms with van der Waals surface area (Å²) in [6.07, 6.45) is 0.733. The van der Waals surface area contributed by atoms with Crippen molar-refractivity contribution in [3.05, 3.63) is 69.8 Å². The van der Waals surface area contributed by atoms with Crippen LogP contribution in [0.15, 0.2) is 48.5 Å². The number of rotatable bonds is 5. The van der Waals surface area contributed by atoms with Gasteiger partial charge in [-0.1, -0.05) is 36.4 Å². The summed E-state index contributed by atoms with van der Waals surface area (Å²) in [4.78, 5) is 27.5. The number of likely N-dealkylation sites (tertiary alicyclic amines) is 1. The van der Waals surface area contributed by atoms with E-state index in [2.05, 4.69) is 17.0 Å². The minimum Gasteiger partial charge on any atom is -0.330 e. The molecule has 2 atom stereocenters. The SMILES string of the molecule is NC[C@@H]1CN(CC(=O)N2CCc3ccc([N+](=O)[O-])cc32)C[C@H]1c1ccccc1. The molecule has 2 aromatic rings. The first-order chi connectivity index (χ1) is 13.6. The molecule has 0 aliphatic carbocycles. The van der Waals surface area contributed by atoms with Crippen LogP contribution < -0.4 is 10.6 Å². The molecule has 0 aromatic heterocycles. The molecule has 1 fully saturated rings. The molecule has 28 heavy (non-hydrogen) atoms. The van der Waals surface area contributed by atoms with Crippen molar-refractivity contribution in [1.82, 2.24) is 4.90 Å². The predicted octanol–water partition coefficient (Wildman–Crippen LogP) is 2.16. The molecule has 2 aliphatic rings. The molecule has 1 amide bonds. The molecule has 2 aromatic carbocycles. The maximum absolute atomic E-state index is 13.0. The lowest BCUT2D eigenvalue weighted by atomic mass is 9.89. The molecule has 7 nitrogen and oxygen atoms in total. The zero-order chi connectivity index (χ0) is 19.7. The number of anilines is 1. The van der Waals surface area contributed by atoms with Crippen LogP contribution in [0.5, 0.6) is 0 Å². The monoisotopic (exact) mass is 380 g/mol. The number of carbonyl (C=O) groups is 1. The summed E-state index contributed by atoms with van der Waals surface area (Å²) in [7, 11) is 0. The Morgan fingerprint density at radius 1 is 1.18 bits per heavy atom. The quantitative estimate of drug-likeness (QED) is 0.634. The highest BCUT2D eigenvalue weighted by molar-refractivity contribution is 5.97. The number of amides is 1. The lowest BCUT2D eigenvalue weighted by Gasteiger charge is -2.22. The zero-order valence-corrected chi connectivity index (χ0v) is 15.7. The van der Waals surface area contributed by atoms with Crippen LogP contribution in [0.3, 0.4) is 0 Å². The van der Waals surface area contributed by atoms with E-state index in [0.29, 0.717) is 37.2 Å². The molecular weight excluding hydrogens is 356 g/mol.